The first kappa shape index (κ1) is 9.13. The fraction of sp³-hybridized carbons (Fsp3) is 0.333. The van der Waals surface area contributed by atoms with Gasteiger partial charge in [0, 0.05) is 12.1 Å². The molecule has 1 nitrogen and oxygen atoms in total. The highest BCUT2D eigenvalue weighted by Crippen LogP contribution is 2.10. The van der Waals surface area contributed by atoms with Crippen LogP contribution in [-0.4, -0.2) is 6.04 Å². The first-order valence-corrected chi connectivity index (χ1v) is 3.79. The van der Waals surface area contributed by atoms with Gasteiger partial charge in [-0.1, -0.05) is 6.07 Å². The van der Waals surface area contributed by atoms with Gasteiger partial charge in [0.1, 0.15) is 11.6 Å². The molecule has 0 radical (unpaired) electrons. The summed E-state index contributed by atoms with van der Waals surface area (Å²) < 4.78 is 25.3. The number of benzene rings is 1. The molecule has 0 aliphatic carbocycles. The lowest BCUT2D eigenvalue weighted by Gasteiger charge is -2.05. The first-order valence-electron chi connectivity index (χ1n) is 3.79. The van der Waals surface area contributed by atoms with Gasteiger partial charge < -0.3 is 5.73 Å². The van der Waals surface area contributed by atoms with Gasteiger partial charge in [-0.3, -0.25) is 0 Å². The normalized spacial score (nSPS) is 13.0. The zero-order chi connectivity index (χ0) is 9.14. The van der Waals surface area contributed by atoms with Crippen molar-refractivity contribution < 1.29 is 8.78 Å². The summed E-state index contributed by atoms with van der Waals surface area (Å²) in [5.41, 5.74) is 5.94. The van der Waals surface area contributed by atoms with Gasteiger partial charge in [-0.25, -0.2) is 8.78 Å². The monoisotopic (exact) mass is 171 g/mol. The minimum absolute atomic E-state index is 0.107. The van der Waals surface area contributed by atoms with Crippen LogP contribution in [0.25, 0.3) is 0 Å². The van der Waals surface area contributed by atoms with Crippen LogP contribution in [0.15, 0.2) is 18.2 Å². The van der Waals surface area contributed by atoms with Gasteiger partial charge in [-0.15, -0.1) is 0 Å². The average Bonchev–Trinajstić information content (AvgIpc) is 1.94. The minimum atomic E-state index is -0.555. The molecular formula is C9H11F2N. The summed E-state index contributed by atoms with van der Waals surface area (Å²) in [6.45, 7) is 1.78. The van der Waals surface area contributed by atoms with Crippen molar-refractivity contribution >= 4 is 0 Å². The largest absolute Gasteiger partial charge is 0.328 e. The summed E-state index contributed by atoms with van der Waals surface area (Å²) >= 11 is 0. The van der Waals surface area contributed by atoms with E-state index in [1.54, 1.807) is 6.92 Å². The van der Waals surface area contributed by atoms with Crippen LogP contribution >= 0.6 is 0 Å². The molecule has 0 heterocycles. The molecule has 1 aromatic carbocycles. The summed E-state index contributed by atoms with van der Waals surface area (Å²) in [4.78, 5) is 0. The maximum Gasteiger partial charge on any atom is 0.129 e. The summed E-state index contributed by atoms with van der Waals surface area (Å²) in [5.74, 6) is -1.08. The molecule has 0 amide bonds. The molecule has 0 saturated carbocycles. The van der Waals surface area contributed by atoms with Crippen LogP contribution in [-0.2, 0) is 6.42 Å². The number of halogens is 2. The van der Waals surface area contributed by atoms with Crippen molar-refractivity contribution in [2.75, 3.05) is 0 Å². The Hall–Kier alpha value is -0.960. The van der Waals surface area contributed by atoms with Crippen LogP contribution in [0.3, 0.4) is 0 Å². The second kappa shape index (κ2) is 3.63. The van der Waals surface area contributed by atoms with E-state index < -0.39 is 11.6 Å². The van der Waals surface area contributed by atoms with Gasteiger partial charge in [0.15, 0.2) is 0 Å². The van der Waals surface area contributed by atoms with Crippen molar-refractivity contribution in [1.82, 2.24) is 0 Å². The Morgan fingerprint density at radius 2 is 2.08 bits per heavy atom. The fourth-order valence-electron chi connectivity index (χ4n) is 1.03. The highest BCUT2D eigenvalue weighted by Gasteiger charge is 2.05. The van der Waals surface area contributed by atoms with Gasteiger partial charge in [-0.05, 0) is 25.0 Å². The topological polar surface area (TPSA) is 26.0 Å². The van der Waals surface area contributed by atoms with Gasteiger partial charge in [0.05, 0.1) is 0 Å². The number of hydrogen-bond acceptors (Lipinski definition) is 1. The maximum atomic E-state index is 12.9. The van der Waals surface area contributed by atoms with E-state index in [0.29, 0.717) is 12.0 Å². The zero-order valence-electron chi connectivity index (χ0n) is 6.85. The predicted molar refractivity (Wildman–Crippen MR) is 43.7 cm³/mol. The van der Waals surface area contributed by atoms with Gasteiger partial charge in [0.2, 0.25) is 0 Å². The molecule has 0 saturated heterocycles. The lowest BCUT2D eigenvalue weighted by molar-refractivity contribution is 0.564. The lowest BCUT2D eigenvalue weighted by Crippen LogP contribution is -2.18. The van der Waals surface area contributed by atoms with Crippen LogP contribution < -0.4 is 5.73 Å². The summed E-state index contributed by atoms with van der Waals surface area (Å²) in [5, 5.41) is 0. The third kappa shape index (κ3) is 2.27. The second-order valence-electron chi connectivity index (χ2n) is 2.92. The van der Waals surface area contributed by atoms with E-state index in [2.05, 4.69) is 0 Å². The Morgan fingerprint density at radius 3 is 2.58 bits per heavy atom. The van der Waals surface area contributed by atoms with E-state index in [1.807, 2.05) is 0 Å². The Labute approximate surface area is 70.2 Å². The molecule has 0 aromatic heterocycles. The molecule has 0 bridgehead atoms. The summed E-state index contributed by atoms with van der Waals surface area (Å²) in [6, 6.07) is 3.43. The van der Waals surface area contributed by atoms with Crippen LogP contribution in [0.1, 0.15) is 12.5 Å². The van der Waals surface area contributed by atoms with Gasteiger partial charge in [-0.2, -0.15) is 0 Å². The van der Waals surface area contributed by atoms with Crippen molar-refractivity contribution in [2.45, 2.75) is 19.4 Å². The molecule has 1 rings (SSSR count). The van der Waals surface area contributed by atoms with Crippen LogP contribution in [0.2, 0.25) is 0 Å². The number of nitrogens with two attached hydrogens (primary N) is 1. The van der Waals surface area contributed by atoms with Crippen molar-refractivity contribution in [3.05, 3.63) is 35.4 Å². The van der Waals surface area contributed by atoms with E-state index in [9.17, 15) is 8.78 Å². The molecule has 0 aliphatic rings. The molecule has 0 unspecified atom stereocenters. The molecule has 1 atom stereocenters. The summed E-state index contributed by atoms with van der Waals surface area (Å²) in [7, 11) is 0. The predicted octanol–water partition coefficient (Wildman–Crippen LogP) is 1.85. The van der Waals surface area contributed by atoms with E-state index in [0.717, 1.165) is 6.07 Å². The van der Waals surface area contributed by atoms with Crippen molar-refractivity contribution in [3.63, 3.8) is 0 Å². The van der Waals surface area contributed by atoms with Crippen LogP contribution in [0.4, 0.5) is 8.78 Å². The zero-order valence-corrected chi connectivity index (χ0v) is 6.85. The van der Waals surface area contributed by atoms with Crippen molar-refractivity contribution in [1.29, 1.82) is 0 Å². The second-order valence-corrected chi connectivity index (χ2v) is 2.92. The highest BCUT2D eigenvalue weighted by molar-refractivity contribution is 5.19. The van der Waals surface area contributed by atoms with Crippen LogP contribution in [0.5, 0.6) is 0 Å². The molecule has 0 aliphatic heterocycles. The summed E-state index contributed by atoms with van der Waals surface area (Å²) in [6.07, 6.45) is 0.437. The number of hydrogen-bond donors (Lipinski definition) is 1. The standard InChI is InChI=1S/C9H11F2N/c1-6(12)4-7-2-3-8(10)5-9(7)11/h2-3,5-6H,4,12H2,1H3/t6-/m1/s1. The molecule has 0 fully saturated rings. The SMILES string of the molecule is C[C@@H](N)Cc1ccc(F)cc1F. The fourth-order valence-corrected chi connectivity index (χ4v) is 1.03. The molecule has 12 heavy (non-hydrogen) atoms. The average molecular weight is 171 g/mol. The van der Waals surface area contributed by atoms with Crippen molar-refractivity contribution in [3.8, 4) is 0 Å². The molecule has 3 heteroatoms. The van der Waals surface area contributed by atoms with Gasteiger partial charge >= 0.3 is 0 Å². The van der Waals surface area contributed by atoms with E-state index >= 15 is 0 Å². The van der Waals surface area contributed by atoms with Gasteiger partial charge in [0.25, 0.3) is 0 Å². The maximum absolute atomic E-state index is 12.9. The Bertz CT molecular complexity index is 271. The molecule has 1 aromatic rings. The minimum Gasteiger partial charge on any atom is -0.328 e. The Morgan fingerprint density at radius 1 is 1.42 bits per heavy atom. The first-order chi connectivity index (χ1) is 5.59. The molecular weight excluding hydrogens is 160 g/mol. The lowest BCUT2D eigenvalue weighted by atomic mass is 10.1. The molecule has 2 N–H and O–H groups in total. The Kier molecular flexibility index (Phi) is 2.76. The number of rotatable bonds is 2. The van der Waals surface area contributed by atoms with E-state index in [4.69, 9.17) is 5.73 Å². The quantitative estimate of drug-likeness (QED) is 0.722. The van der Waals surface area contributed by atoms with Crippen LogP contribution in [0, 0.1) is 11.6 Å². The van der Waals surface area contributed by atoms with Crippen molar-refractivity contribution in [2.24, 2.45) is 5.73 Å². The molecule has 0 spiro atoms. The van der Waals surface area contributed by atoms with E-state index in [1.165, 1.54) is 12.1 Å². The Balaban J connectivity index is 2.86. The highest BCUT2D eigenvalue weighted by atomic mass is 19.1. The molecule has 66 valence electrons. The smallest absolute Gasteiger partial charge is 0.129 e. The third-order valence-corrected chi connectivity index (χ3v) is 1.56. The van der Waals surface area contributed by atoms with E-state index in [-0.39, 0.29) is 6.04 Å². The third-order valence-electron chi connectivity index (χ3n) is 1.56.